The summed E-state index contributed by atoms with van der Waals surface area (Å²) in [7, 11) is 0. The number of nitrogens with zero attached hydrogens (tertiary/aromatic N) is 1. The Morgan fingerprint density at radius 3 is 1.92 bits per heavy atom. The van der Waals surface area contributed by atoms with Crippen LogP contribution in [0.15, 0.2) is 48.5 Å². The number of carbonyl (C=O) groups excluding carboxylic acids is 3. The first-order chi connectivity index (χ1) is 11.9. The van der Waals surface area contributed by atoms with Crippen molar-refractivity contribution in [1.82, 2.24) is 4.90 Å². The normalized spacial score (nSPS) is 14.3. The SMILES string of the molecule is NC(=O)c1ccc(C[C@@H](C(=O)O)N2C(=O)c3ccccc3C2=O)cc1. The maximum Gasteiger partial charge on any atom is 0.327 e. The summed E-state index contributed by atoms with van der Waals surface area (Å²) in [6, 6.07) is 10.9. The number of hydrogen-bond acceptors (Lipinski definition) is 4. The molecule has 0 saturated heterocycles. The van der Waals surface area contributed by atoms with Crippen molar-refractivity contribution in [1.29, 1.82) is 0 Å². The second-order valence-electron chi connectivity index (χ2n) is 5.65. The Morgan fingerprint density at radius 2 is 1.48 bits per heavy atom. The third-order valence-electron chi connectivity index (χ3n) is 4.09. The van der Waals surface area contributed by atoms with Crippen LogP contribution in [0.2, 0.25) is 0 Å². The van der Waals surface area contributed by atoms with E-state index in [4.69, 9.17) is 5.73 Å². The third-order valence-corrected chi connectivity index (χ3v) is 4.09. The van der Waals surface area contributed by atoms with Gasteiger partial charge in [-0.2, -0.15) is 0 Å². The highest BCUT2D eigenvalue weighted by Gasteiger charge is 2.42. The molecule has 0 unspecified atom stereocenters. The quantitative estimate of drug-likeness (QED) is 0.791. The molecule has 0 radical (unpaired) electrons. The molecule has 0 bridgehead atoms. The molecule has 3 rings (SSSR count). The smallest absolute Gasteiger partial charge is 0.327 e. The molecule has 1 heterocycles. The van der Waals surface area contributed by atoms with Crippen LogP contribution in [0.4, 0.5) is 0 Å². The van der Waals surface area contributed by atoms with E-state index in [-0.39, 0.29) is 23.1 Å². The summed E-state index contributed by atoms with van der Waals surface area (Å²) in [5.74, 6) is -3.13. The van der Waals surface area contributed by atoms with Crippen molar-refractivity contribution >= 4 is 23.7 Å². The Kier molecular flexibility index (Phi) is 4.06. The highest BCUT2D eigenvalue weighted by molar-refractivity contribution is 6.22. The molecule has 0 spiro atoms. The fourth-order valence-corrected chi connectivity index (χ4v) is 2.81. The lowest BCUT2D eigenvalue weighted by molar-refractivity contribution is -0.141. The summed E-state index contributed by atoms with van der Waals surface area (Å²) in [6.45, 7) is 0. The molecule has 3 amide bonds. The molecule has 2 aromatic rings. The monoisotopic (exact) mass is 338 g/mol. The molecule has 25 heavy (non-hydrogen) atoms. The van der Waals surface area contributed by atoms with Crippen molar-refractivity contribution in [3.63, 3.8) is 0 Å². The van der Waals surface area contributed by atoms with Crippen molar-refractivity contribution in [2.45, 2.75) is 12.5 Å². The number of carboxylic acid groups (broad SMARTS) is 1. The third kappa shape index (κ3) is 2.87. The van der Waals surface area contributed by atoms with Gasteiger partial charge in [0.25, 0.3) is 11.8 Å². The lowest BCUT2D eigenvalue weighted by Crippen LogP contribution is -2.46. The minimum Gasteiger partial charge on any atom is -0.480 e. The van der Waals surface area contributed by atoms with Crippen LogP contribution in [0.5, 0.6) is 0 Å². The van der Waals surface area contributed by atoms with Gasteiger partial charge in [0, 0.05) is 12.0 Å². The summed E-state index contributed by atoms with van der Waals surface area (Å²) in [5, 5.41) is 9.53. The largest absolute Gasteiger partial charge is 0.480 e. The summed E-state index contributed by atoms with van der Waals surface area (Å²) in [4.78, 5) is 48.5. The van der Waals surface area contributed by atoms with E-state index in [0.717, 1.165) is 4.90 Å². The molecule has 126 valence electrons. The topological polar surface area (TPSA) is 118 Å². The number of imide groups is 1. The molecule has 0 fully saturated rings. The fourth-order valence-electron chi connectivity index (χ4n) is 2.81. The molecule has 1 atom stereocenters. The van der Waals surface area contributed by atoms with Gasteiger partial charge >= 0.3 is 5.97 Å². The van der Waals surface area contributed by atoms with Gasteiger partial charge in [-0.3, -0.25) is 19.3 Å². The minimum absolute atomic E-state index is 0.0696. The van der Waals surface area contributed by atoms with E-state index in [1.54, 1.807) is 24.3 Å². The van der Waals surface area contributed by atoms with E-state index in [9.17, 15) is 24.3 Å². The number of primary amides is 1. The summed E-state index contributed by atoms with van der Waals surface area (Å²) >= 11 is 0. The number of carbonyl (C=O) groups is 4. The van der Waals surface area contributed by atoms with Gasteiger partial charge in [-0.1, -0.05) is 24.3 Å². The number of nitrogens with two attached hydrogens (primary N) is 1. The molecular weight excluding hydrogens is 324 g/mol. The van der Waals surface area contributed by atoms with Crippen LogP contribution in [0, 0.1) is 0 Å². The molecule has 0 aliphatic carbocycles. The van der Waals surface area contributed by atoms with Gasteiger partial charge < -0.3 is 10.8 Å². The van der Waals surface area contributed by atoms with Crippen molar-refractivity contribution in [3.8, 4) is 0 Å². The van der Waals surface area contributed by atoms with Crippen LogP contribution in [0.25, 0.3) is 0 Å². The zero-order valence-corrected chi connectivity index (χ0v) is 13.0. The molecule has 3 N–H and O–H groups in total. The Morgan fingerprint density at radius 1 is 0.960 bits per heavy atom. The van der Waals surface area contributed by atoms with Crippen molar-refractivity contribution in [2.75, 3.05) is 0 Å². The summed E-state index contributed by atoms with van der Waals surface area (Å²) in [5.41, 5.74) is 6.41. The zero-order chi connectivity index (χ0) is 18.1. The van der Waals surface area contributed by atoms with E-state index in [1.807, 2.05) is 0 Å². The number of benzene rings is 2. The average Bonchev–Trinajstić information content (AvgIpc) is 2.84. The fraction of sp³-hybridized carbons (Fsp3) is 0.111. The molecule has 7 heteroatoms. The first-order valence-electron chi connectivity index (χ1n) is 7.48. The van der Waals surface area contributed by atoms with Crippen LogP contribution in [0.1, 0.15) is 36.6 Å². The number of amides is 3. The first-order valence-corrected chi connectivity index (χ1v) is 7.48. The highest BCUT2D eigenvalue weighted by Crippen LogP contribution is 2.26. The molecule has 0 aromatic heterocycles. The van der Waals surface area contributed by atoms with E-state index in [2.05, 4.69) is 0 Å². The van der Waals surface area contributed by atoms with Gasteiger partial charge in [-0.15, -0.1) is 0 Å². The molecule has 7 nitrogen and oxygen atoms in total. The first kappa shape index (κ1) is 16.4. The van der Waals surface area contributed by atoms with Gasteiger partial charge in [0.05, 0.1) is 11.1 Å². The van der Waals surface area contributed by atoms with Gasteiger partial charge in [-0.05, 0) is 29.8 Å². The Balaban J connectivity index is 1.90. The zero-order valence-electron chi connectivity index (χ0n) is 13.0. The maximum atomic E-state index is 12.5. The summed E-state index contributed by atoms with van der Waals surface area (Å²) in [6.07, 6.45) is -0.0696. The van der Waals surface area contributed by atoms with E-state index >= 15 is 0 Å². The molecule has 2 aromatic carbocycles. The number of aliphatic carboxylic acids is 1. The van der Waals surface area contributed by atoms with Crippen molar-refractivity contribution < 1.29 is 24.3 Å². The number of rotatable bonds is 5. The van der Waals surface area contributed by atoms with Crippen molar-refractivity contribution in [2.24, 2.45) is 5.73 Å². The second kappa shape index (κ2) is 6.20. The molecule has 1 aliphatic heterocycles. The van der Waals surface area contributed by atoms with Gasteiger partial charge in [-0.25, -0.2) is 4.79 Å². The Labute approximate surface area is 142 Å². The Bertz CT molecular complexity index is 854. The maximum absolute atomic E-state index is 12.5. The van der Waals surface area contributed by atoms with Crippen LogP contribution < -0.4 is 5.73 Å². The Hall–Kier alpha value is -3.48. The van der Waals surface area contributed by atoms with Crippen LogP contribution in [0.3, 0.4) is 0 Å². The lowest BCUT2D eigenvalue weighted by atomic mass is 10.0. The van der Waals surface area contributed by atoms with E-state index < -0.39 is 29.7 Å². The number of fused-ring (bicyclic) bond motifs is 1. The van der Waals surface area contributed by atoms with E-state index in [0.29, 0.717) is 5.56 Å². The lowest BCUT2D eigenvalue weighted by Gasteiger charge is -2.22. The van der Waals surface area contributed by atoms with Gasteiger partial charge in [0.1, 0.15) is 6.04 Å². The predicted octanol–water partition coefficient (Wildman–Crippen LogP) is 1.08. The molecule has 0 saturated carbocycles. The van der Waals surface area contributed by atoms with E-state index in [1.165, 1.54) is 24.3 Å². The highest BCUT2D eigenvalue weighted by atomic mass is 16.4. The van der Waals surface area contributed by atoms with Gasteiger partial charge in [0.2, 0.25) is 5.91 Å². The molecule has 1 aliphatic rings. The number of hydrogen-bond donors (Lipinski definition) is 2. The van der Waals surface area contributed by atoms with Crippen LogP contribution in [-0.2, 0) is 11.2 Å². The van der Waals surface area contributed by atoms with Crippen LogP contribution >= 0.6 is 0 Å². The minimum atomic E-state index is -1.34. The van der Waals surface area contributed by atoms with Gasteiger partial charge in [0.15, 0.2) is 0 Å². The second-order valence-corrected chi connectivity index (χ2v) is 5.65. The number of carboxylic acids is 1. The molecular formula is C18H14N2O5. The summed E-state index contributed by atoms with van der Waals surface area (Å²) < 4.78 is 0. The predicted molar refractivity (Wildman–Crippen MR) is 87.0 cm³/mol. The standard InChI is InChI=1S/C18H14N2O5/c19-15(21)11-7-5-10(6-8-11)9-14(18(24)25)20-16(22)12-3-1-2-4-13(12)17(20)23/h1-8,14H,9H2,(H2,19,21)(H,24,25)/t14-/m0/s1. The van der Waals surface area contributed by atoms with Crippen molar-refractivity contribution in [3.05, 3.63) is 70.8 Å². The van der Waals surface area contributed by atoms with Crippen LogP contribution in [-0.4, -0.2) is 39.7 Å². The average molecular weight is 338 g/mol.